The molecule has 0 amide bonds. The van der Waals surface area contributed by atoms with Crippen molar-refractivity contribution < 1.29 is 0 Å². The van der Waals surface area contributed by atoms with Crippen molar-refractivity contribution in [2.75, 3.05) is 0 Å². The minimum atomic E-state index is -0.0626. The minimum Gasteiger partial charge on any atom is -0.330 e. The molecule has 0 aliphatic carbocycles. The Bertz CT molecular complexity index is 785. The van der Waals surface area contributed by atoms with Gasteiger partial charge in [0.1, 0.15) is 0 Å². The number of nitrogens with one attached hydrogen (secondary N) is 1. The number of nitrogens with two attached hydrogens (primary N) is 1. The van der Waals surface area contributed by atoms with Crippen molar-refractivity contribution in [2.45, 2.75) is 25.9 Å². The molecule has 3 nitrogen and oxygen atoms in total. The molecule has 1 unspecified atom stereocenters. The molecule has 3 rings (SSSR count). The highest BCUT2D eigenvalue weighted by atomic mass is 32.1. The summed E-state index contributed by atoms with van der Waals surface area (Å²) in [5, 5.41) is 2.40. The van der Waals surface area contributed by atoms with Crippen LogP contribution in [0.1, 0.15) is 25.9 Å². The monoisotopic (exact) mass is 271 g/mol. The quantitative estimate of drug-likeness (QED) is 0.704. The number of fused-ring (bicyclic) bond motifs is 3. The molecule has 1 atom stereocenters. The third-order valence-electron chi connectivity index (χ3n) is 3.53. The second-order valence-corrected chi connectivity index (χ2v) is 5.22. The van der Waals surface area contributed by atoms with E-state index in [4.69, 9.17) is 18.0 Å². The number of aromatic nitrogens is 2. The second kappa shape index (κ2) is 4.79. The van der Waals surface area contributed by atoms with Gasteiger partial charge in [-0.15, -0.1) is 0 Å². The molecule has 0 spiro atoms. The van der Waals surface area contributed by atoms with Crippen LogP contribution in [0.2, 0.25) is 0 Å². The van der Waals surface area contributed by atoms with E-state index in [1.165, 1.54) is 10.8 Å². The van der Waals surface area contributed by atoms with Crippen molar-refractivity contribution >= 4 is 34.0 Å². The van der Waals surface area contributed by atoms with Crippen molar-refractivity contribution in [3.63, 3.8) is 0 Å². The molecule has 0 saturated heterocycles. The fraction of sp³-hybridized carbons (Fsp3) is 0.267. The largest absolute Gasteiger partial charge is 0.330 e. The lowest BCUT2D eigenvalue weighted by Crippen LogP contribution is -2.18. The maximum Gasteiger partial charge on any atom is 0.179 e. The fourth-order valence-electron chi connectivity index (χ4n) is 2.62. The summed E-state index contributed by atoms with van der Waals surface area (Å²) in [5.41, 5.74) is 8.40. The van der Waals surface area contributed by atoms with E-state index >= 15 is 0 Å². The molecule has 0 bridgehead atoms. The third kappa shape index (κ3) is 1.97. The molecule has 0 fully saturated rings. The van der Waals surface area contributed by atoms with Crippen molar-refractivity contribution in [1.29, 1.82) is 0 Å². The van der Waals surface area contributed by atoms with Crippen LogP contribution in [-0.4, -0.2) is 9.55 Å². The van der Waals surface area contributed by atoms with Crippen LogP contribution in [0.15, 0.2) is 36.4 Å². The highest BCUT2D eigenvalue weighted by Gasteiger charge is 2.12. The summed E-state index contributed by atoms with van der Waals surface area (Å²) in [6.45, 7) is 2.13. The van der Waals surface area contributed by atoms with Gasteiger partial charge in [-0.25, -0.2) is 0 Å². The van der Waals surface area contributed by atoms with Crippen molar-refractivity contribution in [1.82, 2.24) is 9.55 Å². The Balaban J connectivity index is 2.33. The van der Waals surface area contributed by atoms with E-state index in [1.807, 2.05) is 16.7 Å². The molecule has 0 radical (unpaired) electrons. The predicted octanol–water partition coefficient (Wildman–Crippen LogP) is 4.11. The van der Waals surface area contributed by atoms with Gasteiger partial charge in [0.05, 0.1) is 17.2 Å². The molecule has 0 saturated carbocycles. The van der Waals surface area contributed by atoms with Gasteiger partial charge in [0.15, 0.2) is 4.77 Å². The predicted molar refractivity (Wildman–Crippen MR) is 82.8 cm³/mol. The fourth-order valence-corrected chi connectivity index (χ4v) is 2.96. The van der Waals surface area contributed by atoms with Gasteiger partial charge in [0, 0.05) is 5.39 Å². The van der Waals surface area contributed by atoms with E-state index in [-0.39, 0.29) is 6.17 Å². The average Bonchev–Trinajstić information content (AvgIpc) is 2.75. The van der Waals surface area contributed by atoms with Crippen LogP contribution >= 0.6 is 12.2 Å². The molecule has 1 aromatic heterocycles. The number of rotatable bonds is 3. The Kier molecular flexibility index (Phi) is 3.12. The topological polar surface area (TPSA) is 46.7 Å². The van der Waals surface area contributed by atoms with E-state index in [2.05, 4.69) is 36.2 Å². The Morgan fingerprint density at radius 2 is 2.05 bits per heavy atom. The zero-order chi connectivity index (χ0) is 13.4. The lowest BCUT2D eigenvalue weighted by molar-refractivity contribution is 0.484. The lowest BCUT2D eigenvalue weighted by atomic mass is 10.1. The van der Waals surface area contributed by atoms with Crippen molar-refractivity contribution in [3.05, 3.63) is 41.2 Å². The first-order valence-corrected chi connectivity index (χ1v) is 7.00. The average molecular weight is 271 g/mol. The molecule has 3 N–H and O–H groups in total. The molecule has 19 heavy (non-hydrogen) atoms. The minimum absolute atomic E-state index is 0.0626. The van der Waals surface area contributed by atoms with Crippen LogP contribution in [0.3, 0.4) is 0 Å². The third-order valence-corrected chi connectivity index (χ3v) is 3.83. The van der Waals surface area contributed by atoms with Crippen LogP contribution < -0.4 is 5.73 Å². The summed E-state index contributed by atoms with van der Waals surface area (Å²) in [6, 6.07) is 12.5. The van der Waals surface area contributed by atoms with E-state index < -0.39 is 0 Å². The Morgan fingerprint density at radius 3 is 2.84 bits per heavy atom. The van der Waals surface area contributed by atoms with E-state index in [1.54, 1.807) is 0 Å². The number of nitrogens with zero attached hydrogens (tertiary/aromatic N) is 1. The van der Waals surface area contributed by atoms with Crippen LogP contribution in [0.5, 0.6) is 0 Å². The first-order chi connectivity index (χ1) is 9.22. The Hall–Kier alpha value is -1.65. The molecular formula is C15H17N3S. The van der Waals surface area contributed by atoms with Gasteiger partial charge in [0.25, 0.3) is 0 Å². The molecule has 1 heterocycles. The maximum absolute atomic E-state index is 6.24. The van der Waals surface area contributed by atoms with Gasteiger partial charge in [0.2, 0.25) is 0 Å². The first-order valence-electron chi connectivity index (χ1n) is 6.60. The van der Waals surface area contributed by atoms with Crippen LogP contribution in [0.25, 0.3) is 21.8 Å². The van der Waals surface area contributed by atoms with E-state index in [9.17, 15) is 0 Å². The van der Waals surface area contributed by atoms with Crippen LogP contribution in [0, 0.1) is 4.77 Å². The molecule has 3 aromatic rings. The van der Waals surface area contributed by atoms with Gasteiger partial charge < -0.3 is 15.3 Å². The number of hydrogen-bond acceptors (Lipinski definition) is 2. The van der Waals surface area contributed by atoms with Gasteiger partial charge in [-0.3, -0.25) is 0 Å². The maximum atomic E-state index is 6.24. The first kappa shape index (κ1) is 12.4. The molecule has 2 aromatic carbocycles. The summed E-state index contributed by atoms with van der Waals surface area (Å²) >= 11 is 5.43. The number of aromatic amines is 1. The number of benzene rings is 2. The molecule has 0 aliphatic rings. The SMILES string of the molecule is CCCC(N)n1c(=S)[nH]c2c3ccccc3ccc21. The molecular weight excluding hydrogens is 254 g/mol. The number of hydrogen-bond donors (Lipinski definition) is 2. The van der Waals surface area contributed by atoms with E-state index in [0.717, 1.165) is 23.9 Å². The van der Waals surface area contributed by atoms with Gasteiger partial charge in [-0.1, -0.05) is 43.7 Å². The van der Waals surface area contributed by atoms with Gasteiger partial charge in [-0.2, -0.15) is 0 Å². The standard InChI is InChI=1S/C15H17N3S/c1-2-5-13(16)18-12-9-8-10-6-3-4-7-11(10)14(12)17-15(18)19/h3-4,6-9,13H,2,5,16H2,1H3,(H,17,19). The summed E-state index contributed by atoms with van der Waals surface area (Å²) in [4.78, 5) is 3.31. The number of imidazole rings is 1. The van der Waals surface area contributed by atoms with E-state index in [0.29, 0.717) is 4.77 Å². The smallest absolute Gasteiger partial charge is 0.179 e. The molecule has 4 heteroatoms. The summed E-state index contributed by atoms with van der Waals surface area (Å²) in [6.07, 6.45) is 1.91. The van der Waals surface area contributed by atoms with Crippen molar-refractivity contribution in [2.24, 2.45) is 5.73 Å². The zero-order valence-corrected chi connectivity index (χ0v) is 11.7. The highest BCUT2D eigenvalue weighted by Crippen LogP contribution is 2.26. The van der Waals surface area contributed by atoms with Gasteiger partial charge >= 0.3 is 0 Å². The molecule has 0 aliphatic heterocycles. The van der Waals surface area contributed by atoms with Gasteiger partial charge in [-0.05, 0) is 30.1 Å². The normalized spacial score (nSPS) is 13.2. The van der Waals surface area contributed by atoms with Crippen molar-refractivity contribution in [3.8, 4) is 0 Å². The van der Waals surface area contributed by atoms with Crippen LogP contribution in [0.4, 0.5) is 0 Å². The second-order valence-electron chi connectivity index (χ2n) is 4.84. The summed E-state index contributed by atoms with van der Waals surface area (Å²) < 4.78 is 2.73. The zero-order valence-electron chi connectivity index (χ0n) is 10.9. The summed E-state index contributed by atoms with van der Waals surface area (Å²) in [7, 11) is 0. The Labute approximate surface area is 117 Å². The number of H-pyrrole nitrogens is 1. The highest BCUT2D eigenvalue weighted by molar-refractivity contribution is 7.71. The molecule has 98 valence electrons. The Morgan fingerprint density at radius 1 is 1.26 bits per heavy atom. The lowest BCUT2D eigenvalue weighted by Gasteiger charge is -2.13. The summed E-state index contributed by atoms with van der Waals surface area (Å²) in [5.74, 6) is 0. The van der Waals surface area contributed by atoms with Crippen LogP contribution in [-0.2, 0) is 0 Å².